The van der Waals surface area contributed by atoms with Crippen LogP contribution in [0.1, 0.15) is 59.3 Å². The van der Waals surface area contributed by atoms with Crippen molar-refractivity contribution in [3.8, 4) is 0 Å². The van der Waals surface area contributed by atoms with Crippen LogP contribution in [0.15, 0.2) is 0 Å². The van der Waals surface area contributed by atoms with Crippen molar-refractivity contribution in [1.29, 1.82) is 0 Å². The molecule has 19 heavy (non-hydrogen) atoms. The first-order valence-electron chi connectivity index (χ1n) is 7.96. The second kappa shape index (κ2) is 6.25. The topological polar surface area (TPSA) is 40.5 Å². The van der Waals surface area contributed by atoms with Crippen molar-refractivity contribution in [1.82, 2.24) is 4.90 Å². The third-order valence-corrected chi connectivity index (χ3v) is 5.27. The molecule has 0 aromatic rings. The van der Waals surface area contributed by atoms with Crippen molar-refractivity contribution in [2.45, 2.75) is 71.4 Å². The van der Waals surface area contributed by atoms with Gasteiger partial charge in [-0.15, -0.1) is 0 Å². The van der Waals surface area contributed by atoms with Crippen LogP contribution in [-0.2, 0) is 4.79 Å². The Balaban J connectivity index is 2.12. The second-order valence-corrected chi connectivity index (χ2v) is 7.04. The van der Waals surface area contributed by atoms with Gasteiger partial charge in [0.05, 0.1) is 6.54 Å². The molecule has 2 aliphatic carbocycles. The van der Waals surface area contributed by atoms with E-state index in [1.165, 1.54) is 38.5 Å². The fourth-order valence-corrected chi connectivity index (χ4v) is 3.92. The lowest BCUT2D eigenvalue weighted by Crippen LogP contribution is -2.54. The summed E-state index contributed by atoms with van der Waals surface area (Å²) in [6.45, 7) is 7.16. The van der Waals surface area contributed by atoms with E-state index < -0.39 is 5.97 Å². The Kier molecular flexibility index (Phi) is 4.88. The minimum Gasteiger partial charge on any atom is -0.480 e. The molecule has 0 saturated heterocycles. The van der Waals surface area contributed by atoms with Crippen molar-refractivity contribution in [2.75, 3.05) is 6.54 Å². The van der Waals surface area contributed by atoms with Crippen LogP contribution in [-0.4, -0.2) is 34.6 Å². The van der Waals surface area contributed by atoms with Gasteiger partial charge in [0, 0.05) is 12.1 Å². The highest BCUT2D eigenvalue weighted by atomic mass is 16.4. The van der Waals surface area contributed by atoms with Crippen LogP contribution in [0.4, 0.5) is 0 Å². The van der Waals surface area contributed by atoms with E-state index in [4.69, 9.17) is 0 Å². The summed E-state index contributed by atoms with van der Waals surface area (Å²) in [6, 6.07) is 1.03. The van der Waals surface area contributed by atoms with E-state index in [0.717, 1.165) is 5.92 Å². The van der Waals surface area contributed by atoms with Gasteiger partial charge in [0.2, 0.25) is 0 Å². The maximum absolute atomic E-state index is 11.2. The molecular formula is C16H29NO2. The van der Waals surface area contributed by atoms with Crippen molar-refractivity contribution in [2.24, 2.45) is 17.8 Å². The summed E-state index contributed by atoms with van der Waals surface area (Å²) in [5, 5.41) is 9.23. The first kappa shape index (κ1) is 14.8. The molecular weight excluding hydrogens is 238 g/mol. The third kappa shape index (κ3) is 3.50. The summed E-state index contributed by atoms with van der Waals surface area (Å²) in [4.78, 5) is 13.6. The molecule has 0 aliphatic heterocycles. The number of aliphatic carboxylic acids is 1. The Morgan fingerprint density at radius 2 is 1.95 bits per heavy atom. The van der Waals surface area contributed by atoms with E-state index >= 15 is 0 Å². The Hall–Kier alpha value is -0.570. The van der Waals surface area contributed by atoms with Crippen LogP contribution in [0.3, 0.4) is 0 Å². The SMILES string of the molecule is CC1CCC(C(C)C)C(N(CC(=O)O)C2CCC2)C1. The quantitative estimate of drug-likeness (QED) is 0.830. The molecule has 0 aromatic heterocycles. The van der Waals surface area contributed by atoms with Gasteiger partial charge in [0.1, 0.15) is 0 Å². The molecule has 0 aromatic carbocycles. The predicted octanol–water partition coefficient (Wildman–Crippen LogP) is 3.39. The smallest absolute Gasteiger partial charge is 0.317 e. The van der Waals surface area contributed by atoms with Crippen LogP contribution >= 0.6 is 0 Å². The molecule has 2 rings (SSSR count). The second-order valence-electron chi connectivity index (χ2n) is 7.04. The highest BCUT2D eigenvalue weighted by Gasteiger charge is 2.39. The van der Waals surface area contributed by atoms with Crippen molar-refractivity contribution in [3.63, 3.8) is 0 Å². The number of hydrogen-bond donors (Lipinski definition) is 1. The maximum Gasteiger partial charge on any atom is 0.317 e. The molecule has 110 valence electrons. The van der Waals surface area contributed by atoms with Gasteiger partial charge < -0.3 is 5.11 Å². The van der Waals surface area contributed by atoms with Gasteiger partial charge in [-0.1, -0.05) is 33.6 Å². The summed E-state index contributed by atoms with van der Waals surface area (Å²) in [5.41, 5.74) is 0. The summed E-state index contributed by atoms with van der Waals surface area (Å²) in [7, 11) is 0. The fraction of sp³-hybridized carbons (Fsp3) is 0.938. The van der Waals surface area contributed by atoms with E-state index in [1.54, 1.807) is 0 Å². The molecule has 0 bridgehead atoms. The Labute approximate surface area is 117 Å². The van der Waals surface area contributed by atoms with Gasteiger partial charge in [-0.25, -0.2) is 0 Å². The largest absolute Gasteiger partial charge is 0.480 e. The molecule has 0 spiro atoms. The molecule has 3 nitrogen and oxygen atoms in total. The van der Waals surface area contributed by atoms with Gasteiger partial charge in [0.15, 0.2) is 0 Å². The Bertz CT molecular complexity index is 312. The number of nitrogens with zero attached hydrogens (tertiary/aromatic N) is 1. The molecule has 2 fully saturated rings. The lowest BCUT2D eigenvalue weighted by atomic mass is 9.72. The minimum atomic E-state index is -0.660. The monoisotopic (exact) mass is 267 g/mol. The van der Waals surface area contributed by atoms with Crippen LogP contribution in [0.2, 0.25) is 0 Å². The first-order valence-corrected chi connectivity index (χ1v) is 7.96. The van der Waals surface area contributed by atoms with Gasteiger partial charge in [0.25, 0.3) is 0 Å². The average molecular weight is 267 g/mol. The van der Waals surface area contributed by atoms with Crippen molar-refractivity contribution >= 4 is 5.97 Å². The molecule has 0 radical (unpaired) electrons. The first-order chi connectivity index (χ1) is 8.99. The molecule has 3 unspecified atom stereocenters. The lowest BCUT2D eigenvalue weighted by molar-refractivity contribution is -0.141. The molecule has 3 atom stereocenters. The van der Waals surface area contributed by atoms with E-state index in [2.05, 4.69) is 25.7 Å². The standard InChI is InChI=1S/C16H29NO2/c1-11(2)14-8-7-12(3)9-15(14)17(10-16(18)19)13-5-4-6-13/h11-15H,4-10H2,1-3H3,(H,18,19). The number of rotatable bonds is 5. The van der Waals surface area contributed by atoms with Crippen molar-refractivity contribution in [3.05, 3.63) is 0 Å². The Morgan fingerprint density at radius 3 is 2.42 bits per heavy atom. The molecule has 0 amide bonds. The van der Waals surface area contributed by atoms with Crippen LogP contribution in [0.25, 0.3) is 0 Å². The number of carboxylic acid groups (broad SMARTS) is 1. The average Bonchev–Trinajstić information content (AvgIpc) is 2.24. The zero-order valence-corrected chi connectivity index (χ0v) is 12.6. The summed E-state index contributed by atoms with van der Waals surface area (Å²) in [6.07, 6.45) is 7.44. The van der Waals surface area contributed by atoms with Crippen molar-refractivity contribution < 1.29 is 9.90 Å². The van der Waals surface area contributed by atoms with Gasteiger partial charge in [-0.3, -0.25) is 9.69 Å². The highest BCUT2D eigenvalue weighted by molar-refractivity contribution is 5.69. The maximum atomic E-state index is 11.2. The van der Waals surface area contributed by atoms with E-state index in [1.807, 2.05) is 0 Å². The third-order valence-electron chi connectivity index (χ3n) is 5.27. The number of carboxylic acids is 1. The summed E-state index contributed by atoms with van der Waals surface area (Å²) < 4.78 is 0. The number of carbonyl (C=O) groups is 1. The normalized spacial score (nSPS) is 32.6. The fourth-order valence-electron chi connectivity index (χ4n) is 3.92. The zero-order chi connectivity index (χ0) is 14.0. The molecule has 2 aliphatic rings. The van der Waals surface area contributed by atoms with Gasteiger partial charge >= 0.3 is 5.97 Å². The van der Waals surface area contributed by atoms with Crippen LogP contribution in [0, 0.1) is 17.8 Å². The zero-order valence-electron chi connectivity index (χ0n) is 12.6. The van der Waals surface area contributed by atoms with Crippen LogP contribution in [0.5, 0.6) is 0 Å². The molecule has 2 saturated carbocycles. The van der Waals surface area contributed by atoms with E-state index in [0.29, 0.717) is 23.9 Å². The van der Waals surface area contributed by atoms with Crippen LogP contribution < -0.4 is 0 Å². The highest BCUT2D eigenvalue weighted by Crippen LogP contribution is 2.39. The molecule has 0 heterocycles. The lowest BCUT2D eigenvalue weighted by Gasteiger charge is -2.48. The summed E-state index contributed by atoms with van der Waals surface area (Å²) in [5.74, 6) is 1.43. The minimum absolute atomic E-state index is 0.241. The Morgan fingerprint density at radius 1 is 1.26 bits per heavy atom. The van der Waals surface area contributed by atoms with E-state index in [-0.39, 0.29) is 6.54 Å². The van der Waals surface area contributed by atoms with E-state index in [9.17, 15) is 9.90 Å². The molecule has 3 heteroatoms. The predicted molar refractivity (Wildman–Crippen MR) is 77.1 cm³/mol. The summed E-state index contributed by atoms with van der Waals surface area (Å²) >= 11 is 0. The molecule has 1 N–H and O–H groups in total. The van der Waals surface area contributed by atoms with Gasteiger partial charge in [-0.2, -0.15) is 0 Å². The van der Waals surface area contributed by atoms with Gasteiger partial charge in [-0.05, 0) is 43.4 Å². The number of hydrogen-bond acceptors (Lipinski definition) is 2.